The predicted molar refractivity (Wildman–Crippen MR) is 122 cm³/mol. The van der Waals surface area contributed by atoms with Crippen LogP contribution in [0.1, 0.15) is 40.0 Å². The van der Waals surface area contributed by atoms with Gasteiger partial charge >= 0.3 is 0 Å². The molecule has 2 amide bonds. The zero-order valence-electron chi connectivity index (χ0n) is 17.4. The van der Waals surface area contributed by atoms with Gasteiger partial charge in [-0.1, -0.05) is 12.1 Å². The number of phenolic OH excluding ortho intramolecular Hbond substituents is 4. The van der Waals surface area contributed by atoms with Gasteiger partial charge in [0.25, 0.3) is 11.8 Å². The minimum Gasteiger partial charge on any atom is -0.504 e. The molecule has 0 saturated heterocycles. The minimum absolute atomic E-state index is 0. The van der Waals surface area contributed by atoms with Gasteiger partial charge in [-0.25, -0.2) is 0 Å². The molecule has 0 bridgehead atoms. The van der Waals surface area contributed by atoms with E-state index in [-0.39, 0.29) is 40.5 Å². The lowest BCUT2D eigenvalue weighted by Gasteiger charge is -2.09. The maximum Gasteiger partial charge on any atom is 0.255 e. The van der Waals surface area contributed by atoms with Crippen molar-refractivity contribution in [3.05, 3.63) is 47.5 Å². The number of para-hydroxylation sites is 2. The van der Waals surface area contributed by atoms with Gasteiger partial charge < -0.3 is 41.9 Å². The monoisotopic (exact) mass is 471 g/mol. The van der Waals surface area contributed by atoms with Gasteiger partial charge in [-0.3, -0.25) is 9.59 Å². The van der Waals surface area contributed by atoms with Crippen molar-refractivity contribution in [1.82, 2.24) is 16.0 Å². The third kappa shape index (κ3) is 8.50. The Morgan fingerprint density at radius 3 is 1.56 bits per heavy atom. The zero-order valence-corrected chi connectivity index (χ0v) is 18.2. The van der Waals surface area contributed by atoms with Crippen LogP contribution in [-0.2, 0) is 0 Å². The second kappa shape index (κ2) is 14.7. The molecular weight excluding hydrogens is 442 g/mol. The van der Waals surface area contributed by atoms with E-state index in [9.17, 15) is 30.0 Å². The average Bonchev–Trinajstić information content (AvgIpc) is 2.73. The average molecular weight is 472 g/mol. The second-order valence-electron chi connectivity index (χ2n) is 6.67. The highest BCUT2D eigenvalue weighted by molar-refractivity contribution is 5.98. The maximum absolute atomic E-state index is 12.0. The number of phenols is 4. The number of unbranched alkanes of at least 4 members (excludes halogenated alkanes) is 1. The normalized spacial score (nSPS) is 9.88. The first-order chi connectivity index (χ1) is 14.4. The van der Waals surface area contributed by atoms with Crippen molar-refractivity contribution in [1.29, 1.82) is 0 Å². The number of benzene rings is 2. The van der Waals surface area contributed by atoms with Crippen LogP contribution in [0, 0.1) is 0 Å². The number of nitrogens with one attached hydrogen (secondary N) is 3. The molecule has 0 aromatic heterocycles. The summed E-state index contributed by atoms with van der Waals surface area (Å²) >= 11 is 0. The quantitative estimate of drug-likeness (QED) is 0.188. The third-order valence-corrected chi connectivity index (χ3v) is 4.40. The van der Waals surface area contributed by atoms with E-state index in [1.54, 1.807) is 0 Å². The number of amides is 2. The van der Waals surface area contributed by atoms with Gasteiger partial charge in [0.1, 0.15) is 0 Å². The summed E-state index contributed by atoms with van der Waals surface area (Å²) in [6, 6.07) is 8.45. The lowest BCUT2D eigenvalue weighted by Crippen LogP contribution is -2.28. The first kappa shape index (κ1) is 28.8. The lowest BCUT2D eigenvalue weighted by atomic mass is 10.1. The lowest BCUT2D eigenvalue weighted by molar-refractivity contribution is 0.0941. The largest absolute Gasteiger partial charge is 0.504 e. The number of carbonyl (C=O) groups is 2. The Bertz CT molecular complexity index is 809. The van der Waals surface area contributed by atoms with Crippen molar-refractivity contribution in [3.63, 3.8) is 0 Å². The molecule has 0 aliphatic carbocycles. The van der Waals surface area contributed by atoms with E-state index >= 15 is 0 Å². The first-order valence-electron chi connectivity index (χ1n) is 9.70. The van der Waals surface area contributed by atoms with E-state index in [4.69, 9.17) is 0 Å². The molecule has 0 aliphatic heterocycles. The predicted octanol–water partition coefficient (Wildman–Crippen LogP) is 1.03. The van der Waals surface area contributed by atoms with Crippen LogP contribution in [0.3, 0.4) is 0 Å². The molecule has 0 radical (unpaired) electrons. The molecule has 0 fully saturated rings. The summed E-state index contributed by atoms with van der Waals surface area (Å²) in [6.07, 6.45) is 2.26. The number of aromatic hydroxyl groups is 4. The summed E-state index contributed by atoms with van der Waals surface area (Å²) in [5, 5.41) is 46.7. The molecule has 32 heavy (non-hydrogen) atoms. The molecule has 2 aromatic carbocycles. The van der Waals surface area contributed by atoms with E-state index in [0.717, 1.165) is 19.4 Å². The number of carbonyl (C=O) groups excluding carboxylic acids is 2. The smallest absolute Gasteiger partial charge is 0.255 e. The van der Waals surface area contributed by atoms with Gasteiger partial charge in [0.2, 0.25) is 0 Å². The van der Waals surface area contributed by atoms with Crippen LogP contribution in [0.4, 0.5) is 0 Å². The molecule has 2 aromatic rings. The third-order valence-electron chi connectivity index (χ3n) is 4.40. The van der Waals surface area contributed by atoms with Crippen LogP contribution >= 0.6 is 12.4 Å². The number of rotatable bonds is 11. The van der Waals surface area contributed by atoms with Crippen molar-refractivity contribution in [2.75, 3.05) is 26.2 Å². The fourth-order valence-electron chi connectivity index (χ4n) is 2.74. The Labute approximate surface area is 192 Å². The number of hydrogen-bond acceptors (Lipinski definition) is 7. The van der Waals surface area contributed by atoms with Crippen LogP contribution in [0.2, 0.25) is 0 Å². The standard InChI is InChI=1S/C21H27N3O6.ClH.H2O/c25-16-8-3-6-14(18(16)27)20(29)23-12-2-1-10-22-11-5-13-24-21(30)15-7-4-9-17(26)19(15)28;;/h3-4,6-9,22,25-28H,1-2,5,10-13H2,(H,23,29)(H,24,30);1H;1H2. The van der Waals surface area contributed by atoms with Gasteiger partial charge in [-0.2, -0.15) is 0 Å². The molecule has 178 valence electrons. The van der Waals surface area contributed by atoms with Gasteiger partial charge in [-0.05, 0) is 56.6 Å². The van der Waals surface area contributed by atoms with Crippen molar-refractivity contribution in [3.8, 4) is 23.0 Å². The molecule has 0 spiro atoms. The topological polar surface area (TPSA) is 183 Å². The van der Waals surface area contributed by atoms with Gasteiger partial charge in [0, 0.05) is 13.1 Å². The van der Waals surface area contributed by atoms with E-state index in [0.29, 0.717) is 26.1 Å². The zero-order chi connectivity index (χ0) is 21.9. The molecule has 0 unspecified atom stereocenters. The molecule has 0 atom stereocenters. The maximum atomic E-state index is 12.0. The van der Waals surface area contributed by atoms with E-state index in [1.165, 1.54) is 36.4 Å². The van der Waals surface area contributed by atoms with Gasteiger partial charge in [0.05, 0.1) is 11.1 Å². The summed E-state index contributed by atoms with van der Waals surface area (Å²) in [6.45, 7) is 2.30. The van der Waals surface area contributed by atoms with Crippen molar-refractivity contribution in [2.45, 2.75) is 19.3 Å². The highest BCUT2D eigenvalue weighted by Crippen LogP contribution is 2.28. The molecule has 0 heterocycles. The van der Waals surface area contributed by atoms with Crippen molar-refractivity contribution in [2.24, 2.45) is 0 Å². The Morgan fingerprint density at radius 2 is 1.06 bits per heavy atom. The molecule has 2 rings (SSSR count). The van der Waals surface area contributed by atoms with E-state index < -0.39 is 23.3 Å². The summed E-state index contributed by atoms with van der Waals surface area (Å²) in [5.74, 6) is -2.41. The van der Waals surface area contributed by atoms with Crippen LogP contribution in [-0.4, -0.2) is 63.9 Å². The molecule has 0 aliphatic rings. The van der Waals surface area contributed by atoms with Gasteiger partial charge in [-0.15, -0.1) is 12.4 Å². The van der Waals surface area contributed by atoms with Crippen LogP contribution in [0.25, 0.3) is 0 Å². The van der Waals surface area contributed by atoms with Crippen LogP contribution in [0.5, 0.6) is 23.0 Å². The van der Waals surface area contributed by atoms with E-state index in [1.807, 2.05) is 0 Å². The molecular formula is C21H30ClN3O7. The summed E-state index contributed by atoms with van der Waals surface area (Å²) in [5.41, 5.74) is 0.0678. The number of hydrogen-bond donors (Lipinski definition) is 7. The highest BCUT2D eigenvalue weighted by Gasteiger charge is 2.14. The minimum atomic E-state index is -0.447. The number of halogens is 1. The fraction of sp³-hybridized carbons (Fsp3) is 0.333. The fourth-order valence-corrected chi connectivity index (χ4v) is 2.74. The Kier molecular flexibility index (Phi) is 13.3. The van der Waals surface area contributed by atoms with Crippen molar-refractivity contribution >= 4 is 24.2 Å². The second-order valence-corrected chi connectivity index (χ2v) is 6.67. The van der Waals surface area contributed by atoms with Crippen LogP contribution in [0.15, 0.2) is 36.4 Å². The van der Waals surface area contributed by atoms with E-state index in [2.05, 4.69) is 16.0 Å². The SMILES string of the molecule is Cl.O.O=C(NCCCCNCCCNC(=O)c1cccc(O)c1O)c1cccc(O)c1O. The summed E-state index contributed by atoms with van der Waals surface area (Å²) in [4.78, 5) is 23.9. The van der Waals surface area contributed by atoms with Crippen LogP contribution < -0.4 is 16.0 Å². The Balaban J connectivity index is 0.00000480. The van der Waals surface area contributed by atoms with Gasteiger partial charge in [0.15, 0.2) is 23.0 Å². The molecule has 0 saturated carbocycles. The Hall–Kier alpha value is -3.21. The molecule has 10 nitrogen and oxygen atoms in total. The Morgan fingerprint density at radius 1 is 0.656 bits per heavy atom. The summed E-state index contributed by atoms with van der Waals surface area (Å²) in [7, 11) is 0. The molecule has 9 N–H and O–H groups in total. The molecule has 11 heteroatoms. The highest BCUT2D eigenvalue weighted by atomic mass is 35.5. The first-order valence-corrected chi connectivity index (χ1v) is 9.70. The summed E-state index contributed by atoms with van der Waals surface area (Å²) < 4.78 is 0. The van der Waals surface area contributed by atoms with Crippen molar-refractivity contribution < 1.29 is 35.5 Å².